The predicted molar refractivity (Wildman–Crippen MR) is 46.4 cm³/mol. The van der Waals surface area contributed by atoms with Crippen molar-refractivity contribution in [2.24, 2.45) is 0 Å². The minimum atomic E-state index is 0.948. The van der Waals surface area contributed by atoms with Gasteiger partial charge in [-0.25, -0.2) is 0 Å². The Balaban J connectivity index is 1.98. The maximum absolute atomic E-state index is 2.45. The summed E-state index contributed by atoms with van der Waals surface area (Å²) in [6, 6.07) is 1.90. The van der Waals surface area contributed by atoms with Gasteiger partial charge >= 0.3 is 0 Å². The molecule has 2 nitrogen and oxygen atoms in total. The third-order valence-corrected chi connectivity index (χ3v) is 4.03. The Hall–Kier alpha value is -0.0800. The highest BCUT2D eigenvalue weighted by molar-refractivity contribution is 4.83. The Bertz CT molecular complexity index is 149. The molecule has 2 atom stereocenters. The Morgan fingerprint density at radius 2 is 1.55 bits per heavy atom. The van der Waals surface area contributed by atoms with Crippen LogP contribution in [0.15, 0.2) is 0 Å². The van der Waals surface area contributed by atoms with E-state index in [1.807, 2.05) is 0 Å². The quantitative estimate of drug-likeness (QED) is 0.364. The van der Waals surface area contributed by atoms with Crippen LogP contribution in [0.25, 0.3) is 0 Å². The fraction of sp³-hybridized carbons (Fsp3) is 1.00. The van der Waals surface area contributed by atoms with Gasteiger partial charge in [-0.15, -0.1) is 0 Å². The van der Waals surface area contributed by atoms with Crippen molar-refractivity contribution >= 4 is 0 Å². The van der Waals surface area contributed by atoms with E-state index in [1.54, 1.807) is 0 Å². The Morgan fingerprint density at radius 1 is 1.09 bits per heavy atom. The summed E-state index contributed by atoms with van der Waals surface area (Å²) in [5.41, 5.74) is 0. The number of nitrogens with zero attached hydrogens (tertiary/aromatic N) is 2. The second-order valence-electron chi connectivity index (χ2n) is 4.33. The lowest BCUT2D eigenvalue weighted by molar-refractivity contribution is -0.829. The molecule has 2 fully saturated rings. The molecule has 0 aromatic rings. The molecule has 0 bridgehead atoms. The molecule has 2 heteroatoms. The molecule has 2 heterocycles. The van der Waals surface area contributed by atoms with Crippen LogP contribution in [0.3, 0.4) is 0 Å². The molecule has 0 aliphatic carbocycles. The van der Waals surface area contributed by atoms with Crippen LogP contribution in [0, 0.1) is 0 Å². The second kappa shape index (κ2) is 2.20. The summed E-state index contributed by atoms with van der Waals surface area (Å²) in [4.78, 5) is 2.45. The molecule has 2 saturated heterocycles. The minimum Gasteiger partial charge on any atom is -0.307 e. The summed E-state index contributed by atoms with van der Waals surface area (Å²) in [5, 5.41) is 0. The van der Waals surface area contributed by atoms with Gasteiger partial charge in [-0.1, -0.05) is 0 Å². The number of quaternary nitrogens is 1. The van der Waals surface area contributed by atoms with Crippen molar-refractivity contribution in [3.63, 3.8) is 0 Å². The van der Waals surface area contributed by atoms with Crippen LogP contribution in [-0.2, 0) is 0 Å². The van der Waals surface area contributed by atoms with E-state index in [2.05, 4.69) is 25.8 Å². The minimum absolute atomic E-state index is 0.948. The molecule has 2 unspecified atom stereocenters. The molecule has 2 rings (SSSR count). The molecular formula is C9H19N2+. The first kappa shape index (κ1) is 7.56. The van der Waals surface area contributed by atoms with Crippen molar-refractivity contribution in [2.75, 3.05) is 33.2 Å². The van der Waals surface area contributed by atoms with Crippen molar-refractivity contribution in [3.05, 3.63) is 0 Å². The molecule has 2 aliphatic rings. The highest BCUT2D eigenvalue weighted by atomic mass is 15.6. The maximum Gasteiger partial charge on any atom is 0.139 e. The standard InChI is InChI=1S/C9H19N2/c1-8-9(2)11(8)6-4-10(3)5-7-11/h8-9H,4-7H2,1-3H3/q+1. The summed E-state index contributed by atoms with van der Waals surface area (Å²) in [6.07, 6.45) is 0. The smallest absolute Gasteiger partial charge is 0.139 e. The molecule has 0 N–H and O–H groups in total. The molecule has 64 valence electrons. The highest BCUT2D eigenvalue weighted by Crippen LogP contribution is 2.40. The van der Waals surface area contributed by atoms with Crippen molar-refractivity contribution in [3.8, 4) is 0 Å². The van der Waals surface area contributed by atoms with Gasteiger partial charge in [-0.3, -0.25) is 4.90 Å². The van der Waals surface area contributed by atoms with Crippen molar-refractivity contribution in [2.45, 2.75) is 25.9 Å². The lowest BCUT2D eigenvalue weighted by Crippen LogP contribution is -2.48. The van der Waals surface area contributed by atoms with Gasteiger partial charge in [0.25, 0.3) is 0 Å². The monoisotopic (exact) mass is 155 g/mol. The molecule has 0 aromatic heterocycles. The number of likely N-dealkylation sites (N-methyl/N-ethyl adjacent to an activating group) is 1. The highest BCUT2D eigenvalue weighted by Gasteiger charge is 2.60. The normalized spacial score (nSPS) is 42.8. The average molecular weight is 155 g/mol. The molecular weight excluding hydrogens is 136 g/mol. The van der Waals surface area contributed by atoms with E-state index in [9.17, 15) is 0 Å². The molecule has 1 spiro atoms. The van der Waals surface area contributed by atoms with Crippen molar-refractivity contribution in [1.29, 1.82) is 0 Å². The molecule has 11 heavy (non-hydrogen) atoms. The van der Waals surface area contributed by atoms with E-state index >= 15 is 0 Å². The number of rotatable bonds is 0. The zero-order chi connectivity index (χ0) is 8.06. The van der Waals surface area contributed by atoms with Gasteiger partial charge in [-0.2, -0.15) is 0 Å². The van der Waals surface area contributed by atoms with Gasteiger partial charge in [0.05, 0.1) is 13.1 Å². The SMILES string of the molecule is CC1C(C)[N+]12CCN(C)CC2. The zero-order valence-electron chi connectivity index (χ0n) is 7.88. The first-order chi connectivity index (χ1) is 5.17. The second-order valence-corrected chi connectivity index (χ2v) is 4.33. The zero-order valence-corrected chi connectivity index (χ0v) is 7.88. The van der Waals surface area contributed by atoms with Gasteiger partial charge in [0.2, 0.25) is 0 Å². The fourth-order valence-electron chi connectivity index (χ4n) is 2.59. The summed E-state index contributed by atoms with van der Waals surface area (Å²) in [6.45, 7) is 10.2. The van der Waals surface area contributed by atoms with E-state index in [0.717, 1.165) is 12.1 Å². The summed E-state index contributed by atoms with van der Waals surface area (Å²) >= 11 is 0. The Kier molecular flexibility index (Phi) is 1.52. The maximum atomic E-state index is 2.45. The topological polar surface area (TPSA) is 3.24 Å². The fourth-order valence-corrected chi connectivity index (χ4v) is 2.59. The van der Waals surface area contributed by atoms with Gasteiger partial charge in [0, 0.05) is 13.1 Å². The van der Waals surface area contributed by atoms with Gasteiger partial charge < -0.3 is 4.48 Å². The van der Waals surface area contributed by atoms with Gasteiger partial charge in [0.15, 0.2) is 0 Å². The van der Waals surface area contributed by atoms with Crippen LogP contribution in [-0.4, -0.2) is 54.7 Å². The number of piperazine rings is 1. The Morgan fingerprint density at radius 3 is 1.91 bits per heavy atom. The molecule has 2 aliphatic heterocycles. The Labute approximate surface area is 69.4 Å². The lowest BCUT2D eigenvalue weighted by atomic mass is 10.3. The number of hydrogen-bond donors (Lipinski definition) is 0. The molecule has 0 aromatic carbocycles. The molecule has 0 saturated carbocycles. The van der Waals surface area contributed by atoms with Crippen LogP contribution < -0.4 is 0 Å². The lowest BCUT2D eigenvalue weighted by Gasteiger charge is -2.31. The van der Waals surface area contributed by atoms with Crippen LogP contribution >= 0.6 is 0 Å². The van der Waals surface area contributed by atoms with E-state index in [4.69, 9.17) is 0 Å². The summed E-state index contributed by atoms with van der Waals surface area (Å²) in [5.74, 6) is 0. The van der Waals surface area contributed by atoms with E-state index in [0.29, 0.717) is 0 Å². The van der Waals surface area contributed by atoms with Crippen molar-refractivity contribution in [1.82, 2.24) is 4.90 Å². The van der Waals surface area contributed by atoms with E-state index in [-0.39, 0.29) is 0 Å². The first-order valence-electron chi connectivity index (χ1n) is 4.72. The van der Waals surface area contributed by atoms with Gasteiger partial charge in [-0.05, 0) is 20.9 Å². The summed E-state index contributed by atoms with van der Waals surface area (Å²) < 4.78 is 1.42. The van der Waals surface area contributed by atoms with E-state index in [1.165, 1.54) is 30.7 Å². The van der Waals surface area contributed by atoms with Crippen molar-refractivity contribution < 1.29 is 4.48 Å². The first-order valence-corrected chi connectivity index (χ1v) is 4.72. The predicted octanol–water partition coefficient (Wildman–Crippen LogP) is 0.539. The third kappa shape index (κ3) is 0.926. The van der Waals surface area contributed by atoms with Crippen LogP contribution in [0.5, 0.6) is 0 Å². The van der Waals surface area contributed by atoms with Gasteiger partial charge in [0.1, 0.15) is 12.1 Å². The molecule has 0 radical (unpaired) electrons. The number of hydrogen-bond acceptors (Lipinski definition) is 1. The molecule has 0 amide bonds. The van der Waals surface area contributed by atoms with Crippen LogP contribution in [0.2, 0.25) is 0 Å². The third-order valence-electron chi connectivity index (χ3n) is 4.03. The van der Waals surface area contributed by atoms with Crippen LogP contribution in [0.4, 0.5) is 0 Å². The summed E-state index contributed by atoms with van der Waals surface area (Å²) in [7, 11) is 2.23. The largest absolute Gasteiger partial charge is 0.307 e. The van der Waals surface area contributed by atoms with E-state index < -0.39 is 0 Å². The van der Waals surface area contributed by atoms with Crippen LogP contribution in [0.1, 0.15) is 13.8 Å². The average Bonchev–Trinajstić information content (AvgIpc) is 2.50.